The lowest BCUT2D eigenvalue weighted by Gasteiger charge is -2.37. The molecule has 1 N–H and O–H groups in total. The average molecular weight is 436 g/mol. The number of piperidine rings is 1. The second-order valence-corrected chi connectivity index (χ2v) is 8.54. The van der Waals surface area contributed by atoms with E-state index in [0.717, 1.165) is 23.2 Å². The molecule has 0 aliphatic carbocycles. The highest BCUT2D eigenvalue weighted by Gasteiger charge is 2.32. The first kappa shape index (κ1) is 22.1. The molecule has 1 fully saturated rings. The van der Waals surface area contributed by atoms with E-state index in [4.69, 9.17) is 0 Å². The molecule has 4 nitrogen and oxygen atoms in total. The summed E-state index contributed by atoms with van der Waals surface area (Å²) in [6.45, 7) is 4.20. The molecule has 1 aromatic heterocycles. The van der Waals surface area contributed by atoms with Crippen LogP contribution in [0.3, 0.4) is 0 Å². The summed E-state index contributed by atoms with van der Waals surface area (Å²) in [6.07, 6.45) is 4.14. The van der Waals surface area contributed by atoms with Crippen LogP contribution < -0.4 is 5.32 Å². The number of nitrogens with one attached hydrogen (secondary N) is 1. The number of likely N-dealkylation sites (tertiary alicyclic amines) is 1. The van der Waals surface area contributed by atoms with Crippen molar-refractivity contribution in [3.63, 3.8) is 0 Å². The first-order chi connectivity index (χ1) is 15.5. The van der Waals surface area contributed by atoms with E-state index in [0.29, 0.717) is 31.6 Å². The summed E-state index contributed by atoms with van der Waals surface area (Å²) in [7, 11) is 0. The van der Waals surface area contributed by atoms with Crippen molar-refractivity contribution in [3.05, 3.63) is 101 Å². The van der Waals surface area contributed by atoms with Gasteiger partial charge >= 0.3 is 0 Å². The van der Waals surface area contributed by atoms with Gasteiger partial charge in [0.2, 0.25) is 5.91 Å². The van der Waals surface area contributed by atoms with Crippen LogP contribution >= 0.6 is 0 Å². The summed E-state index contributed by atoms with van der Waals surface area (Å²) in [5.74, 6) is -0.575. The summed E-state index contributed by atoms with van der Waals surface area (Å²) in [6, 6.07) is 15.4. The van der Waals surface area contributed by atoms with Crippen LogP contribution in [0.15, 0.2) is 67.0 Å². The Balaban J connectivity index is 1.50. The third-order valence-corrected chi connectivity index (χ3v) is 6.06. The topological polar surface area (TPSA) is 45.2 Å². The molecule has 0 radical (unpaired) electrons. The van der Waals surface area contributed by atoms with Crippen molar-refractivity contribution in [2.45, 2.75) is 32.4 Å². The summed E-state index contributed by atoms with van der Waals surface area (Å²) >= 11 is 0. The van der Waals surface area contributed by atoms with Gasteiger partial charge in [0.05, 0.1) is 5.92 Å². The number of aryl methyl sites for hydroxylation is 1. The van der Waals surface area contributed by atoms with E-state index in [-0.39, 0.29) is 29.4 Å². The molecule has 32 heavy (non-hydrogen) atoms. The van der Waals surface area contributed by atoms with Crippen molar-refractivity contribution >= 4 is 5.91 Å². The SMILES string of the molecule is Cc1cc(C2CC(C(=O)NCc3cccnc3)CN(Cc3ccc(F)cc3)C2)ccc1F. The number of amides is 1. The number of nitrogens with zero attached hydrogens (tertiary/aromatic N) is 2. The Morgan fingerprint density at radius 2 is 1.91 bits per heavy atom. The fourth-order valence-electron chi connectivity index (χ4n) is 4.36. The van der Waals surface area contributed by atoms with Crippen LogP contribution in [0, 0.1) is 24.5 Å². The van der Waals surface area contributed by atoms with Gasteiger partial charge < -0.3 is 5.32 Å². The largest absolute Gasteiger partial charge is 0.352 e. The van der Waals surface area contributed by atoms with Gasteiger partial charge in [-0.2, -0.15) is 0 Å². The third-order valence-electron chi connectivity index (χ3n) is 6.06. The summed E-state index contributed by atoms with van der Waals surface area (Å²) in [5.41, 5.74) is 3.59. The predicted molar refractivity (Wildman–Crippen MR) is 120 cm³/mol. The number of benzene rings is 2. The zero-order valence-electron chi connectivity index (χ0n) is 18.1. The van der Waals surface area contributed by atoms with Crippen molar-refractivity contribution < 1.29 is 13.6 Å². The van der Waals surface area contributed by atoms with E-state index in [1.54, 1.807) is 31.5 Å². The smallest absolute Gasteiger partial charge is 0.224 e. The van der Waals surface area contributed by atoms with Crippen molar-refractivity contribution in [3.8, 4) is 0 Å². The number of aromatic nitrogens is 1. The minimum Gasteiger partial charge on any atom is -0.352 e. The summed E-state index contributed by atoms with van der Waals surface area (Å²) < 4.78 is 27.1. The van der Waals surface area contributed by atoms with Gasteiger partial charge in [0.25, 0.3) is 0 Å². The van der Waals surface area contributed by atoms with Crippen molar-refractivity contribution in [2.24, 2.45) is 5.92 Å². The van der Waals surface area contributed by atoms with Gasteiger partial charge in [0.15, 0.2) is 0 Å². The average Bonchev–Trinajstić information content (AvgIpc) is 2.81. The van der Waals surface area contributed by atoms with Crippen LogP contribution in [0.25, 0.3) is 0 Å². The Labute approximate surface area is 187 Å². The number of halogens is 2. The normalized spacial score (nSPS) is 19.0. The molecule has 166 valence electrons. The van der Waals surface area contributed by atoms with E-state index >= 15 is 0 Å². The molecule has 0 saturated carbocycles. The highest BCUT2D eigenvalue weighted by molar-refractivity contribution is 5.79. The van der Waals surface area contributed by atoms with Gasteiger partial charge in [-0.15, -0.1) is 0 Å². The third kappa shape index (κ3) is 5.56. The van der Waals surface area contributed by atoms with Crippen LogP contribution in [0.5, 0.6) is 0 Å². The lowest BCUT2D eigenvalue weighted by atomic mass is 9.83. The lowest BCUT2D eigenvalue weighted by molar-refractivity contribution is -0.127. The Morgan fingerprint density at radius 3 is 2.62 bits per heavy atom. The highest BCUT2D eigenvalue weighted by atomic mass is 19.1. The summed E-state index contributed by atoms with van der Waals surface area (Å²) in [4.78, 5) is 19.4. The van der Waals surface area contributed by atoms with Gasteiger partial charge in [0.1, 0.15) is 11.6 Å². The molecular formula is C26H27F2N3O. The minimum atomic E-state index is -0.264. The van der Waals surface area contributed by atoms with Gasteiger partial charge in [-0.25, -0.2) is 8.78 Å². The van der Waals surface area contributed by atoms with Crippen LogP contribution in [-0.2, 0) is 17.9 Å². The molecule has 2 atom stereocenters. The maximum absolute atomic E-state index is 13.8. The summed E-state index contributed by atoms with van der Waals surface area (Å²) in [5, 5.41) is 3.04. The minimum absolute atomic E-state index is 0.00138. The first-order valence-corrected chi connectivity index (χ1v) is 10.9. The highest BCUT2D eigenvalue weighted by Crippen LogP contribution is 2.32. The first-order valence-electron chi connectivity index (χ1n) is 10.9. The molecule has 0 bridgehead atoms. The lowest BCUT2D eigenvalue weighted by Crippen LogP contribution is -2.45. The number of rotatable bonds is 6. The van der Waals surface area contributed by atoms with Gasteiger partial charge in [-0.05, 0) is 65.8 Å². The van der Waals surface area contributed by atoms with E-state index in [9.17, 15) is 13.6 Å². The zero-order chi connectivity index (χ0) is 22.5. The predicted octanol–water partition coefficient (Wildman–Crippen LogP) is 4.59. The number of hydrogen-bond acceptors (Lipinski definition) is 3. The van der Waals surface area contributed by atoms with E-state index < -0.39 is 0 Å². The number of carbonyl (C=O) groups excluding carboxylic acids is 1. The fourth-order valence-corrected chi connectivity index (χ4v) is 4.36. The fraction of sp³-hybridized carbons (Fsp3) is 0.308. The van der Waals surface area contributed by atoms with Gasteiger partial charge in [0, 0.05) is 38.6 Å². The molecule has 6 heteroatoms. The Hall–Kier alpha value is -3.12. The molecule has 1 amide bonds. The Kier molecular flexibility index (Phi) is 6.90. The molecule has 4 rings (SSSR count). The Bertz CT molecular complexity index is 1060. The van der Waals surface area contributed by atoms with E-state index in [1.165, 1.54) is 18.2 Å². The molecule has 2 unspecified atom stereocenters. The molecule has 1 saturated heterocycles. The van der Waals surface area contributed by atoms with Crippen molar-refractivity contribution in [1.82, 2.24) is 15.2 Å². The molecule has 2 heterocycles. The molecule has 0 spiro atoms. The zero-order valence-corrected chi connectivity index (χ0v) is 18.1. The second kappa shape index (κ2) is 10.0. The molecule has 1 aliphatic heterocycles. The van der Waals surface area contributed by atoms with Gasteiger partial charge in [-0.1, -0.05) is 30.3 Å². The van der Waals surface area contributed by atoms with E-state index in [1.807, 2.05) is 24.3 Å². The second-order valence-electron chi connectivity index (χ2n) is 8.54. The van der Waals surface area contributed by atoms with E-state index in [2.05, 4.69) is 15.2 Å². The molecule has 1 aliphatic rings. The number of carbonyl (C=O) groups is 1. The van der Waals surface area contributed by atoms with Crippen LogP contribution in [0.1, 0.15) is 34.6 Å². The van der Waals surface area contributed by atoms with Crippen LogP contribution in [0.4, 0.5) is 8.78 Å². The number of pyridine rings is 1. The molecule has 2 aromatic carbocycles. The van der Waals surface area contributed by atoms with Crippen molar-refractivity contribution in [2.75, 3.05) is 13.1 Å². The standard InChI is InChI=1S/C26H27F2N3O/c1-18-11-21(6-9-25(18)28)22-12-23(26(32)30-14-20-3-2-10-29-13-20)17-31(16-22)15-19-4-7-24(27)8-5-19/h2-11,13,22-23H,12,14-17H2,1H3,(H,30,32). The monoisotopic (exact) mass is 435 g/mol. The number of hydrogen-bond donors (Lipinski definition) is 1. The van der Waals surface area contributed by atoms with Gasteiger partial charge in [-0.3, -0.25) is 14.7 Å². The molecule has 3 aromatic rings. The van der Waals surface area contributed by atoms with Crippen molar-refractivity contribution in [1.29, 1.82) is 0 Å². The maximum Gasteiger partial charge on any atom is 0.224 e. The molecular weight excluding hydrogens is 408 g/mol. The van der Waals surface area contributed by atoms with Crippen LogP contribution in [-0.4, -0.2) is 28.9 Å². The Morgan fingerprint density at radius 1 is 1.09 bits per heavy atom. The maximum atomic E-state index is 13.8. The van der Waals surface area contributed by atoms with Crippen LogP contribution in [0.2, 0.25) is 0 Å². The quantitative estimate of drug-likeness (QED) is 0.616.